The van der Waals surface area contributed by atoms with E-state index < -0.39 is 23.3 Å². The number of amides is 1. The van der Waals surface area contributed by atoms with Crippen LogP contribution in [-0.4, -0.2) is 28.1 Å². The first-order chi connectivity index (χ1) is 8.91. The molecule has 0 saturated heterocycles. The standard InChI is InChI=1S/C11H9F3N4O/c1-18(8-4-2-3-5-15-8)10(19)7-6-16-17-9(7)11(12,13)14/h2-6H,1H3,(H,16,17). The van der Waals surface area contributed by atoms with Crippen LogP contribution in [-0.2, 0) is 6.18 Å². The first-order valence-electron chi connectivity index (χ1n) is 5.21. The topological polar surface area (TPSA) is 61.9 Å². The van der Waals surface area contributed by atoms with Crippen molar-refractivity contribution in [1.29, 1.82) is 0 Å². The monoisotopic (exact) mass is 270 g/mol. The number of carbonyl (C=O) groups excluding carboxylic acids is 1. The molecule has 0 saturated carbocycles. The van der Waals surface area contributed by atoms with Gasteiger partial charge in [0, 0.05) is 13.2 Å². The van der Waals surface area contributed by atoms with Crippen LogP contribution in [0, 0.1) is 0 Å². The van der Waals surface area contributed by atoms with Crippen LogP contribution in [0.4, 0.5) is 19.0 Å². The van der Waals surface area contributed by atoms with E-state index in [-0.39, 0.29) is 5.82 Å². The number of hydrogen-bond donors (Lipinski definition) is 1. The summed E-state index contributed by atoms with van der Waals surface area (Å²) in [5, 5.41) is 5.06. The summed E-state index contributed by atoms with van der Waals surface area (Å²) in [5.74, 6) is -0.582. The zero-order valence-electron chi connectivity index (χ0n) is 9.77. The SMILES string of the molecule is CN(C(=O)c1cn[nH]c1C(F)(F)F)c1ccccn1. The van der Waals surface area contributed by atoms with E-state index in [2.05, 4.69) is 10.1 Å². The third kappa shape index (κ3) is 2.56. The number of H-pyrrole nitrogens is 1. The smallest absolute Gasteiger partial charge is 0.296 e. The molecule has 0 aromatic carbocycles. The molecule has 19 heavy (non-hydrogen) atoms. The molecule has 0 unspecified atom stereocenters. The number of rotatable bonds is 2. The molecular weight excluding hydrogens is 261 g/mol. The van der Waals surface area contributed by atoms with E-state index >= 15 is 0 Å². The maximum atomic E-state index is 12.7. The number of alkyl halides is 3. The average molecular weight is 270 g/mol. The third-order valence-electron chi connectivity index (χ3n) is 2.45. The Bertz CT molecular complexity index is 579. The molecule has 0 bridgehead atoms. The summed E-state index contributed by atoms with van der Waals surface area (Å²) in [4.78, 5) is 16.9. The molecule has 8 heteroatoms. The molecule has 0 radical (unpaired) electrons. The molecule has 1 N–H and O–H groups in total. The van der Waals surface area contributed by atoms with Gasteiger partial charge in [-0.25, -0.2) is 4.98 Å². The van der Waals surface area contributed by atoms with Gasteiger partial charge in [-0.15, -0.1) is 0 Å². The minimum absolute atomic E-state index is 0.252. The Kier molecular flexibility index (Phi) is 3.24. The van der Waals surface area contributed by atoms with Gasteiger partial charge in [0.2, 0.25) is 0 Å². The maximum Gasteiger partial charge on any atom is 0.433 e. The van der Waals surface area contributed by atoms with E-state index in [1.54, 1.807) is 17.2 Å². The van der Waals surface area contributed by atoms with Crippen molar-refractivity contribution in [2.75, 3.05) is 11.9 Å². The lowest BCUT2D eigenvalue weighted by Gasteiger charge is -2.16. The number of aromatic nitrogens is 3. The Morgan fingerprint density at radius 2 is 2.11 bits per heavy atom. The van der Waals surface area contributed by atoms with Crippen LogP contribution in [0.25, 0.3) is 0 Å². The van der Waals surface area contributed by atoms with Gasteiger partial charge in [0.1, 0.15) is 5.82 Å². The maximum absolute atomic E-state index is 12.7. The largest absolute Gasteiger partial charge is 0.433 e. The van der Waals surface area contributed by atoms with Gasteiger partial charge in [-0.2, -0.15) is 18.3 Å². The highest BCUT2D eigenvalue weighted by atomic mass is 19.4. The van der Waals surface area contributed by atoms with Crippen LogP contribution in [0.1, 0.15) is 16.1 Å². The van der Waals surface area contributed by atoms with Crippen LogP contribution < -0.4 is 4.90 Å². The molecule has 100 valence electrons. The summed E-state index contributed by atoms with van der Waals surface area (Å²) in [7, 11) is 1.35. The lowest BCUT2D eigenvalue weighted by molar-refractivity contribution is -0.141. The summed E-state index contributed by atoms with van der Waals surface area (Å²) in [6, 6.07) is 4.79. The summed E-state index contributed by atoms with van der Waals surface area (Å²) in [6.07, 6.45) is -2.36. The first kappa shape index (κ1) is 13.1. The minimum atomic E-state index is -4.66. The minimum Gasteiger partial charge on any atom is -0.296 e. The summed E-state index contributed by atoms with van der Waals surface area (Å²) >= 11 is 0. The molecule has 0 aliphatic rings. The Balaban J connectivity index is 2.33. The highest BCUT2D eigenvalue weighted by molar-refractivity contribution is 6.05. The first-order valence-corrected chi connectivity index (χ1v) is 5.21. The Hall–Kier alpha value is -2.38. The van der Waals surface area contributed by atoms with Crippen molar-refractivity contribution in [3.63, 3.8) is 0 Å². The lowest BCUT2D eigenvalue weighted by atomic mass is 10.2. The second-order valence-electron chi connectivity index (χ2n) is 3.71. The number of nitrogens with zero attached hydrogens (tertiary/aromatic N) is 3. The van der Waals surface area contributed by atoms with Crippen molar-refractivity contribution >= 4 is 11.7 Å². The van der Waals surface area contributed by atoms with Gasteiger partial charge in [-0.1, -0.05) is 6.07 Å². The number of halogens is 3. The number of hydrogen-bond acceptors (Lipinski definition) is 3. The molecule has 0 aliphatic carbocycles. The van der Waals surface area contributed by atoms with Crippen LogP contribution in [0.15, 0.2) is 30.6 Å². The Morgan fingerprint density at radius 1 is 1.37 bits per heavy atom. The van der Waals surface area contributed by atoms with Crippen molar-refractivity contribution in [3.8, 4) is 0 Å². The fourth-order valence-corrected chi connectivity index (χ4v) is 1.50. The molecule has 5 nitrogen and oxygen atoms in total. The van der Waals surface area contributed by atoms with E-state index in [0.29, 0.717) is 0 Å². The molecule has 2 aromatic rings. The molecule has 2 rings (SSSR count). The highest BCUT2D eigenvalue weighted by Gasteiger charge is 2.38. The van der Waals surface area contributed by atoms with Gasteiger partial charge in [-0.05, 0) is 12.1 Å². The summed E-state index contributed by atoms with van der Waals surface area (Å²) < 4.78 is 38.0. The van der Waals surface area contributed by atoms with Crippen molar-refractivity contribution in [2.24, 2.45) is 0 Å². The lowest BCUT2D eigenvalue weighted by Crippen LogP contribution is -2.28. The fraction of sp³-hybridized carbons (Fsp3) is 0.182. The van der Waals surface area contributed by atoms with Gasteiger partial charge in [0.25, 0.3) is 5.91 Å². The van der Waals surface area contributed by atoms with Crippen molar-refractivity contribution in [3.05, 3.63) is 41.9 Å². The molecule has 0 atom stereocenters. The van der Waals surface area contributed by atoms with Crippen molar-refractivity contribution < 1.29 is 18.0 Å². The number of nitrogens with one attached hydrogen (secondary N) is 1. The molecule has 0 aliphatic heterocycles. The predicted molar refractivity (Wildman–Crippen MR) is 60.6 cm³/mol. The molecule has 1 amide bonds. The summed E-state index contributed by atoms with van der Waals surface area (Å²) in [6.45, 7) is 0. The zero-order valence-corrected chi connectivity index (χ0v) is 9.77. The van der Waals surface area contributed by atoms with Gasteiger partial charge in [-0.3, -0.25) is 14.8 Å². The van der Waals surface area contributed by atoms with Crippen molar-refractivity contribution in [1.82, 2.24) is 15.2 Å². The fourth-order valence-electron chi connectivity index (χ4n) is 1.50. The second-order valence-corrected chi connectivity index (χ2v) is 3.71. The van der Waals surface area contributed by atoms with Crippen LogP contribution >= 0.6 is 0 Å². The van der Waals surface area contributed by atoms with E-state index in [9.17, 15) is 18.0 Å². The number of carbonyl (C=O) groups is 1. The number of aromatic amines is 1. The van der Waals surface area contributed by atoms with Crippen molar-refractivity contribution in [2.45, 2.75) is 6.18 Å². The molecule has 0 spiro atoms. The number of pyridine rings is 1. The van der Waals surface area contributed by atoms with E-state index in [1.165, 1.54) is 19.3 Å². The Morgan fingerprint density at radius 3 is 2.68 bits per heavy atom. The van der Waals surface area contributed by atoms with E-state index in [4.69, 9.17) is 0 Å². The Labute approximate surface area is 106 Å². The predicted octanol–water partition coefficient (Wildman–Crippen LogP) is 2.10. The van der Waals surface area contributed by atoms with Gasteiger partial charge in [0.15, 0.2) is 5.69 Å². The normalized spacial score (nSPS) is 11.4. The van der Waals surface area contributed by atoms with E-state index in [1.807, 2.05) is 0 Å². The highest BCUT2D eigenvalue weighted by Crippen LogP contribution is 2.30. The molecule has 2 heterocycles. The molecule has 2 aromatic heterocycles. The summed E-state index contributed by atoms with van der Waals surface area (Å²) in [5.41, 5.74) is -1.71. The van der Waals surface area contributed by atoms with E-state index in [0.717, 1.165) is 11.1 Å². The zero-order chi connectivity index (χ0) is 14.0. The van der Waals surface area contributed by atoms with Gasteiger partial charge < -0.3 is 0 Å². The number of anilines is 1. The van der Waals surface area contributed by atoms with Crippen LogP contribution in [0.3, 0.4) is 0 Å². The van der Waals surface area contributed by atoms with Crippen LogP contribution in [0.2, 0.25) is 0 Å². The third-order valence-corrected chi connectivity index (χ3v) is 2.45. The van der Waals surface area contributed by atoms with Crippen LogP contribution in [0.5, 0.6) is 0 Å². The van der Waals surface area contributed by atoms with Gasteiger partial charge in [0.05, 0.1) is 11.8 Å². The van der Waals surface area contributed by atoms with Gasteiger partial charge >= 0.3 is 6.18 Å². The molecular formula is C11H9F3N4O. The molecule has 0 fully saturated rings. The average Bonchev–Trinajstić information content (AvgIpc) is 2.87. The second kappa shape index (κ2) is 4.71. The quantitative estimate of drug-likeness (QED) is 0.909.